The van der Waals surface area contributed by atoms with E-state index in [0.29, 0.717) is 25.1 Å². The molecule has 4 rings (SSSR count). The molecule has 0 saturated carbocycles. The molecule has 2 amide bonds. The quantitative estimate of drug-likeness (QED) is 0.234. The predicted octanol–water partition coefficient (Wildman–Crippen LogP) is 3.01. The molecular formula is C28H35BrN2O6. The second-order valence-corrected chi connectivity index (χ2v) is 11.0. The van der Waals surface area contributed by atoms with Crippen LogP contribution in [0.25, 0.3) is 0 Å². The molecule has 3 aliphatic heterocycles. The van der Waals surface area contributed by atoms with Crippen LogP contribution in [0.1, 0.15) is 37.8 Å². The van der Waals surface area contributed by atoms with E-state index in [4.69, 9.17) is 9.47 Å². The average Bonchev–Trinajstić information content (AvgIpc) is 3.49. The zero-order chi connectivity index (χ0) is 26.7. The lowest BCUT2D eigenvalue weighted by Gasteiger charge is -2.39. The van der Waals surface area contributed by atoms with Crippen LogP contribution in [0, 0.1) is 11.8 Å². The first-order valence-corrected chi connectivity index (χ1v) is 13.7. The van der Waals surface area contributed by atoms with Crippen LogP contribution in [0.5, 0.6) is 0 Å². The number of hydrogen-bond acceptors (Lipinski definition) is 6. The van der Waals surface area contributed by atoms with Gasteiger partial charge in [0.2, 0.25) is 11.8 Å². The first-order chi connectivity index (χ1) is 17.9. The summed E-state index contributed by atoms with van der Waals surface area (Å²) in [6.45, 7) is 9.92. The van der Waals surface area contributed by atoms with Crippen LogP contribution >= 0.6 is 15.9 Å². The van der Waals surface area contributed by atoms with E-state index in [1.54, 1.807) is 11.0 Å². The SMILES string of the molecule is C=CCOC(=O)[C@H]1[C@H]2C(=O)N([C@H](CO)c3ccccc3)C(C(=O)N(CC=C)CCCC)C23CC(Br)[C@@H]1O3. The molecule has 3 aliphatic rings. The Morgan fingerprint density at radius 3 is 2.68 bits per heavy atom. The van der Waals surface area contributed by atoms with E-state index in [2.05, 4.69) is 29.1 Å². The highest BCUT2D eigenvalue weighted by Crippen LogP contribution is 2.61. The predicted molar refractivity (Wildman–Crippen MR) is 142 cm³/mol. The molecule has 1 aromatic rings. The molecule has 7 atom stereocenters. The van der Waals surface area contributed by atoms with Crippen LogP contribution in [-0.4, -0.2) is 81.6 Å². The first-order valence-electron chi connectivity index (χ1n) is 12.8. The maximum absolute atomic E-state index is 14.3. The van der Waals surface area contributed by atoms with E-state index < -0.39 is 41.6 Å². The zero-order valence-electron chi connectivity index (χ0n) is 21.1. The second-order valence-electron chi connectivity index (χ2n) is 9.86. The lowest BCUT2D eigenvalue weighted by atomic mass is 9.70. The molecule has 37 heavy (non-hydrogen) atoms. The number of benzene rings is 1. The van der Waals surface area contributed by atoms with Crippen molar-refractivity contribution in [2.45, 2.75) is 54.8 Å². The maximum atomic E-state index is 14.3. The van der Waals surface area contributed by atoms with Gasteiger partial charge in [-0.1, -0.05) is 78.3 Å². The van der Waals surface area contributed by atoms with Gasteiger partial charge in [-0.25, -0.2) is 0 Å². The van der Waals surface area contributed by atoms with Gasteiger partial charge in [0.1, 0.15) is 18.2 Å². The summed E-state index contributed by atoms with van der Waals surface area (Å²) < 4.78 is 11.9. The standard InChI is InChI=1S/C28H35BrN2O6/c1-4-7-14-30(13-5-2)26(34)24-28-16-19(29)23(37-28)21(27(35)36-15-6-3)22(28)25(33)31(24)20(17-32)18-11-9-8-10-12-18/h5-6,8-12,19-24,32H,2-4,7,13-17H2,1H3/t19?,20-,21+,22+,23+,24?,28?/m1/s1. The van der Waals surface area contributed by atoms with Gasteiger partial charge < -0.3 is 24.4 Å². The van der Waals surface area contributed by atoms with Gasteiger partial charge in [-0.05, 0) is 18.4 Å². The van der Waals surface area contributed by atoms with E-state index in [1.165, 1.54) is 11.0 Å². The highest BCUT2D eigenvalue weighted by molar-refractivity contribution is 9.09. The molecule has 9 heteroatoms. The molecule has 8 nitrogen and oxygen atoms in total. The van der Waals surface area contributed by atoms with Gasteiger partial charge in [-0.2, -0.15) is 0 Å². The van der Waals surface area contributed by atoms with Crippen LogP contribution in [0.3, 0.4) is 0 Å². The molecule has 0 aromatic heterocycles. The van der Waals surface area contributed by atoms with Gasteiger partial charge in [0.25, 0.3) is 0 Å². The van der Waals surface area contributed by atoms with Crippen LogP contribution in [0.4, 0.5) is 0 Å². The molecular weight excluding hydrogens is 540 g/mol. The van der Waals surface area contributed by atoms with E-state index in [9.17, 15) is 19.5 Å². The van der Waals surface area contributed by atoms with Gasteiger partial charge >= 0.3 is 5.97 Å². The summed E-state index contributed by atoms with van der Waals surface area (Å²) in [4.78, 5) is 44.7. The minimum Gasteiger partial charge on any atom is -0.461 e. The highest BCUT2D eigenvalue weighted by atomic mass is 79.9. The fourth-order valence-electron chi connectivity index (χ4n) is 6.19. The van der Waals surface area contributed by atoms with Crippen molar-refractivity contribution < 1.29 is 29.0 Å². The zero-order valence-corrected chi connectivity index (χ0v) is 22.7. The summed E-state index contributed by atoms with van der Waals surface area (Å²) in [5, 5.41) is 10.5. The molecule has 1 N–H and O–H groups in total. The minimum absolute atomic E-state index is 0.0163. The summed E-state index contributed by atoms with van der Waals surface area (Å²) >= 11 is 3.66. The molecule has 3 fully saturated rings. The van der Waals surface area contributed by atoms with Gasteiger partial charge in [-0.3, -0.25) is 14.4 Å². The van der Waals surface area contributed by atoms with Crippen molar-refractivity contribution in [3.05, 3.63) is 61.2 Å². The number of esters is 1. The van der Waals surface area contributed by atoms with E-state index in [0.717, 1.165) is 12.8 Å². The Balaban J connectivity index is 1.83. The maximum Gasteiger partial charge on any atom is 0.312 e. The third-order valence-corrected chi connectivity index (χ3v) is 8.56. The molecule has 3 saturated heterocycles. The smallest absolute Gasteiger partial charge is 0.312 e. The van der Waals surface area contributed by atoms with Gasteiger partial charge in [0.05, 0.1) is 30.6 Å². The molecule has 200 valence electrons. The lowest BCUT2D eigenvalue weighted by Crippen LogP contribution is -2.57. The number of fused-ring (bicyclic) bond motifs is 1. The van der Waals surface area contributed by atoms with Crippen LogP contribution < -0.4 is 0 Å². The number of hydrogen-bond donors (Lipinski definition) is 1. The number of aliphatic hydroxyl groups excluding tert-OH is 1. The Morgan fingerprint density at radius 2 is 2.05 bits per heavy atom. The van der Waals surface area contributed by atoms with Crippen molar-refractivity contribution in [2.24, 2.45) is 11.8 Å². The van der Waals surface area contributed by atoms with Crippen molar-refractivity contribution in [3.63, 3.8) is 0 Å². The van der Waals surface area contributed by atoms with E-state index in [-0.39, 0.29) is 29.9 Å². The number of ether oxygens (including phenoxy) is 2. The monoisotopic (exact) mass is 574 g/mol. The summed E-state index contributed by atoms with van der Waals surface area (Å²) in [5.74, 6) is -2.95. The number of unbranched alkanes of at least 4 members (excludes halogenated alkanes) is 1. The molecule has 2 bridgehead atoms. The largest absolute Gasteiger partial charge is 0.461 e. The molecule has 3 unspecified atom stereocenters. The third kappa shape index (κ3) is 4.66. The molecule has 1 aromatic carbocycles. The Morgan fingerprint density at radius 1 is 1.32 bits per heavy atom. The first kappa shape index (κ1) is 27.5. The topological polar surface area (TPSA) is 96.4 Å². The van der Waals surface area contributed by atoms with Crippen LogP contribution in [0.15, 0.2) is 55.6 Å². The number of rotatable bonds is 12. The number of halogens is 1. The van der Waals surface area contributed by atoms with Gasteiger partial charge in [0.15, 0.2) is 0 Å². The average molecular weight is 576 g/mol. The van der Waals surface area contributed by atoms with Gasteiger partial charge in [0, 0.05) is 17.9 Å². The minimum atomic E-state index is -1.22. The molecule has 1 spiro atoms. The number of carbonyl (C=O) groups is 3. The Kier molecular flexibility index (Phi) is 8.56. The number of aliphatic hydroxyl groups is 1. The number of carbonyl (C=O) groups excluding carboxylic acids is 3. The second kappa shape index (κ2) is 11.5. The van der Waals surface area contributed by atoms with E-state index in [1.807, 2.05) is 37.3 Å². The molecule has 0 radical (unpaired) electrons. The summed E-state index contributed by atoms with van der Waals surface area (Å²) in [6.07, 6.45) is 4.61. The summed E-state index contributed by atoms with van der Waals surface area (Å²) in [7, 11) is 0. The Hall–Kier alpha value is -2.49. The Labute approximate surface area is 226 Å². The summed E-state index contributed by atoms with van der Waals surface area (Å²) in [5.41, 5.74) is -0.523. The lowest BCUT2D eigenvalue weighted by molar-refractivity contribution is -0.155. The van der Waals surface area contributed by atoms with Crippen molar-refractivity contribution in [1.29, 1.82) is 0 Å². The van der Waals surface area contributed by atoms with Crippen molar-refractivity contribution in [3.8, 4) is 0 Å². The van der Waals surface area contributed by atoms with Crippen LogP contribution in [-0.2, 0) is 23.9 Å². The van der Waals surface area contributed by atoms with Crippen molar-refractivity contribution in [2.75, 3.05) is 26.3 Å². The van der Waals surface area contributed by atoms with Crippen molar-refractivity contribution in [1.82, 2.24) is 9.80 Å². The normalized spacial score (nSPS) is 30.6. The number of likely N-dealkylation sites (tertiary alicyclic amines) is 1. The van der Waals surface area contributed by atoms with Crippen LogP contribution in [0.2, 0.25) is 0 Å². The molecule has 3 heterocycles. The van der Waals surface area contributed by atoms with Gasteiger partial charge in [-0.15, -0.1) is 6.58 Å². The van der Waals surface area contributed by atoms with Crippen molar-refractivity contribution >= 4 is 33.7 Å². The highest BCUT2D eigenvalue weighted by Gasteiger charge is 2.77. The molecule has 0 aliphatic carbocycles. The number of alkyl halides is 1. The number of amides is 2. The van der Waals surface area contributed by atoms with E-state index >= 15 is 0 Å². The third-order valence-electron chi connectivity index (χ3n) is 7.71. The fraction of sp³-hybridized carbons (Fsp3) is 0.536. The Bertz CT molecular complexity index is 1030. The summed E-state index contributed by atoms with van der Waals surface area (Å²) in [6, 6.07) is 7.35. The number of nitrogens with zero attached hydrogens (tertiary/aromatic N) is 2. The fourth-order valence-corrected chi connectivity index (χ4v) is 7.13.